The van der Waals surface area contributed by atoms with Gasteiger partial charge >= 0.3 is 0 Å². The molecule has 0 aliphatic heterocycles. The van der Waals surface area contributed by atoms with Crippen molar-refractivity contribution in [3.05, 3.63) is 75.3 Å². The van der Waals surface area contributed by atoms with Gasteiger partial charge in [-0.3, -0.25) is 19.8 Å². The highest BCUT2D eigenvalue weighted by Gasteiger charge is 2.19. The van der Waals surface area contributed by atoms with Crippen molar-refractivity contribution in [2.24, 2.45) is 0 Å². The molecule has 0 saturated carbocycles. The van der Waals surface area contributed by atoms with Gasteiger partial charge in [0.25, 0.3) is 11.6 Å². The van der Waals surface area contributed by atoms with Gasteiger partial charge in [0.15, 0.2) is 0 Å². The molecular weight excluding hydrogens is 342 g/mol. The van der Waals surface area contributed by atoms with Crippen molar-refractivity contribution in [1.29, 1.82) is 0 Å². The summed E-state index contributed by atoms with van der Waals surface area (Å²) < 4.78 is 0. The van der Waals surface area contributed by atoms with Crippen LogP contribution in [0.4, 0.5) is 5.69 Å². The molecule has 2 rings (SSSR count). The summed E-state index contributed by atoms with van der Waals surface area (Å²) in [6.45, 7) is 8.13. The Morgan fingerprint density at radius 3 is 2.41 bits per heavy atom. The van der Waals surface area contributed by atoms with Crippen LogP contribution in [0, 0.1) is 17.0 Å². The number of hydrogen-bond acceptors (Lipinski definition) is 4. The smallest absolute Gasteiger partial charge is 0.273 e. The average molecular weight is 369 g/mol. The number of nitrogens with one attached hydrogen (secondary N) is 1. The van der Waals surface area contributed by atoms with Gasteiger partial charge in [0, 0.05) is 29.8 Å². The van der Waals surface area contributed by atoms with Crippen LogP contribution in [0.2, 0.25) is 0 Å². The Morgan fingerprint density at radius 2 is 1.81 bits per heavy atom. The number of nitro benzene ring substituents is 1. The number of nitrogens with zero attached hydrogens (tertiary/aromatic N) is 2. The fraction of sp³-hybridized carbons (Fsp3) is 0.381. The van der Waals surface area contributed by atoms with Gasteiger partial charge in [-0.15, -0.1) is 0 Å². The highest BCUT2D eigenvalue weighted by Crippen LogP contribution is 2.19. The Balaban J connectivity index is 2.10. The van der Waals surface area contributed by atoms with Crippen LogP contribution in [0.5, 0.6) is 0 Å². The molecule has 0 aliphatic rings. The summed E-state index contributed by atoms with van der Waals surface area (Å²) in [4.78, 5) is 25.5. The lowest BCUT2D eigenvalue weighted by Gasteiger charge is -2.30. The third-order valence-corrected chi connectivity index (χ3v) is 4.81. The topological polar surface area (TPSA) is 75.5 Å². The van der Waals surface area contributed by atoms with Crippen LogP contribution < -0.4 is 5.32 Å². The first-order valence-electron chi connectivity index (χ1n) is 9.27. The molecule has 0 heterocycles. The zero-order valence-corrected chi connectivity index (χ0v) is 16.1. The van der Waals surface area contributed by atoms with E-state index in [1.165, 1.54) is 11.6 Å². The van der Waals surface area contributed by atoms with Crippen LogP contribution in [0.1, 0.15) is 35.3 Å². The van der Waals surface area contributed by atoms with Crippen molar-refractivity contribution in [2.75, 3.05) is 19.6 Å². The van der Waals surface area contributed by atoms with Crippen molar-refractivity contribution >= 4 is 11.6 Å². The van der Waals surface area contributed by atoms with Crippen molar-refractivity contribution in [1.82, 2.24) is 10.2 Å². The molecule has 1 amide bonds. The number of likely N-dealkylation sites (N-methyl/N-ethyl adjacent to an activating group) is 1. The quantitative estimate of drug-likeness (QED) is 0.541. The minimum Gasteiger partial charge on any atom is -0.350 e. The summed E-state index contributed by atoms with van der Waals surface area (Å²) in [5, 5.41) is 14.1. The molecule has 6 heteroatoms. The van der Waals surface area contributed by atoms with Crippen LogP contribution in [0.3, 0.4) is 0 Å². The Hall–Kier alpha value is -2.73. The maximum absolute atomic E-state index is 12.5. The molecule has 0 fully saturated rings. The van der Waals surface area contributed by atoms with Crippen LogP contribution in [0.25, 0.3) is 0 Å². The van der Waals surface area contributed by atoms with Crippen LogP contribution in [0.15, 0.2) is 48.5 Å². The van der Waals surface area contributed by atoms with Crippen LogP contribution in [-0.2, 0) is 6.42 Å². The summed E-state index contributed by atoms with van der Waals surface area (Å²) in [7, 11) is 0. The van der Waals surface area contributed by atoms with E-state index in [-0.39, 0.29) is 17.6 Å². The van der Waals surface area contributed by atoms with Crippen molar-refractivity contribution in [2.45, 2.75) is 33.2 Å². The van der Waals surface area contributed by atoms with Gasteiger partial charge in [-0.25, -0.2) is 0 Å². The lowest BCUT2D eigenvalue weighted by Crippen LogP contribution is -2.45. The molecule has 0 aromatic heterocycles. The Kier molecular flexibility index (Phi) is 7.49. The number of hydrogen-bond donors (Lipinski definition) is 1. The van der Waals surface area contributed by atoms with Crippen molar-refractivity contribution < 1.29 is 9.72 Å². The van der Waals surface area contributed by atoms with E-state index >= 15 is 0 Å². The van der Waals surface area contributed by atoms with Gasteiger partial charge in [0.2, 0.25) is 0 Å². The van der Waals surface area contributed by atoms with E-state index in [9.17, 15) is 14.9 Å². The normalized spacial score (nSPS) is 12.0. The molecule has 1 N–H and O–H groups in total. The van der Waals surface area contributed by atoms with Gasteiger partial charge in [-0.2, -0.15) is 0 Å². The van der Waals surface area contributed by atoms with Gasteiger partial charge in [-0.05, 0) is 38.1 Å². The van der Waals surface area contributed by atoms with E-state index in [0.717, 1.165) is 19.5 Å². The molecule has 27 heavy (non-hydrogen) atoms. The van der Waals surface area contributed by atoms with E-state index < -0.39 is 4.92 Å². The van der Waals surface area contributed by atoms with Gasteiger partial charge in [0.05, 0.1) is 4.92 Å². The predicted octanol–water partition coefficient (Wildman–Crippen LogP) is 3.59. The zero-order valence-electron chi connectivity index (χ0n) is 16.1. The second kappa shape index (κ2) is 9.83. The summed E-state index contributed by atoms with van der Waals surface area (Å²) in [6, 6.07) is 14.9. The van der Waals surface area contributed by atoms with Gasteiger partial charge in [0.1, 0.15) is 0 Å². The minimum atomic E-state index is -0.458. The lowest BCUT2D eigenvalue weighted by molar-refractivity contribution is -0.385. The number of benzene rings is 2. The van der Waals surface area contributed by atoms with E-state index in [0.29, 0.717) is 17.7 Å². The number of aryl methyl sites for hydroxylation is 1. The molecule has 0 aliphatic carbocycles. The number of carbonyl (C=O) groups is 1. The molecule has 144 valence electrons. The maximum Gasteiger partial charge on any atom is 0.273 e. The zero-order chi connectivity index (χ0) is 19.8. The van der Waals surface area contributed by atoms with E-state index in [4.69, 9.17) is 0 Å². The first kappa shape index (κ1) is 20.6. The molecule has 1 atom stereocenters. The summed E-state index contributed by atoms with van der Waals surface area (Å²) >= 11 is 0. The number of nitro groups is 1. The third kappa shape index (κ3) is 5.62. The molecule has 0 bridgehead atoms. The van der Waals surface area contributed by atoms with E-state index in [1.807, 2.05) is 18.2 Å². The molecule has 6 nitrogen and oxygen atoms in total. The number of carbonyl (C=O) groups excluding carboxylic acids is 1. The highest BCUT2D eigenvalue weighted by atomic mass is 16.6. The molecule has 0 saturated heterocycles. The largest absolute Gasteiger partial charge is 0.350 e. The molecule has 2 aromatic carbocycles. The Labute approximate surface area is 160 Å². The lowest BCUT2D eigenvalue weighted by atomic mass is 10.0. The van der Waals surface area contributed by atoms with Gasteiger partial charge in [-0.1, -0.05) is 50.2 Å². The van der Waals surface area contributed by atoms with Crippen molar-refractivity contribution in [3.8, 4) is 0 Å². The monoisotopic (exact) mass is 369 g/mol. The molecule has 0 radical (unpaired) electrons. The van der Waals surface area contributed by atoms with Crippen LogP contribution >= 0.6 is 0 Å². The summed E-state index contributed by atoms with van der Waals surface area (Å²) in [5.41, 5.74) is 2.04. The van der Waals surface area contributed by atoms with E-state index in [1.54, 1.807) is 19.1 Å². The first-order chi connectivity index (χ1) is 13.0. The maximum atomic E-state index is 12.5. The summed E-state index contributed by atoms with van der Waals surface area (Å²) in [5.74, 6) is -0.289. The van der Waals surface area contributed by atoms with Crippen molar-refractivity contribution in [3.63, 3.8) is 0 Å². The second-order valence-corrected chi connectivity index (χ2v) is 6.53. The Bertz CT molecular complexity index is 773. The first-order valence-corrected chi connectivity index (χ1v) is 9.27. The van der Waals surface area contributed by atoms with Crippen LogP contribution in [-0.4, -0.2) is 41.4 Å². The second-order valence-electron chi connectivity index (χ2n) is 6.53. The minimum absolute atomic E-state index is 0.0350. The number of rotatable bonds is 9. The fourth-order valence-corrected chi connectivity index (χ4v) is 3.22. The number of amides is 1. The SMILES string of the molecule is CCN(CC)C(CNC(=O)c1ccc(C)c([N+](=O)[O-])c1)Cc1ccccc1. The molecular formula is C21H27N3O3. The highest BCUT2D eigenvalue weighted by molar-refractivity contribution is 5.95. The van der Waals surface area contributed by atoms with Gasteiger partial charge < -0.3 is 5.32 Å². The fourth-order valence-electron chi connectivity index (χ4n) is 3.22. The predicted molar refractivity (Wildman–Crippen MR) is 107 cm³/mol. The summed E-state index contributed by atoms with van der Waals surface area (Å²) in [6.07, 6.45) is 0.830. The third-order valence-electron chi connectivity index (χ3n) is 4.81. The molecule has 1 unspecified atom stereocenters. The standard InChI is InChI=1S/C21H27N3O3/c1-4-23(5-2)19(13-17-9-7-6-8-10-17)15-22-21(25)18-12-11-16(3)20(14-18)24(26)27/h6-12,14,19H,4-5,13,15H2,1-3H3,(H,22,25). The molecule has 2 aromatic rings. The van der Waals surface area contributed by atoms with E-state index in [2.05, 4.69) is 36.2 Å². The molecule has 0 spiro atoms. The Morgan fingerprint density at radius 1 is 1.15 bits per heavy atom. The average Bonchev–Trinajstić information content (AvgIpc) is 2.67.